The van der Waals surface area contributed by atoms with Crippen LogP contribution in [0.1, 0.15) is 6.42 Å². The minimum Gasteiger partial charge on any atom is -0.466 e. The Balaban J connectivity index is 1.55. The van der Waals surface area contributed by atoms with Crippen molar-refractivity contribution < 1.29 is 14.3 Å². The van der Waals surface area contributed by atoms with Crippen LogP contribution >= 0.6 is 47.1 Å². The zero-order valence-corrected chi connectivity index (χ0v) is 17.8. The van der Waals surface area contributed by atoms with Crippen LogP contribution in [0.15, 0.2) is 45.8 Å². The monoisotopic (exact) mass is 439 g/mol. The van der Waals surface area contributed by atoms with Crippen LogP contribution in [-0.2, 0) is 14.3 Å². The number of hydrogen-bond acceptors (Lipinski definition) is 8. The highest BCUT2D eigenvalue weighted by Crippen LogP contribution is 2.30. The lowest BCUT2D eigenvalue weighted by molar-refractivity contribution is -0.134. The normalized spacial score (nSPS) is 15.5. The van der Waals surface area contributed by atoms with Crippen molar-refractivity contribution in [3.63, 3.8) is 0 Å². The predicted octanol–water partition coefficient (Wildman–Crippen LogP) is 3.74. The smallest absolute Gasteiger partial charge is 0.333 e. The van der Waals surface area contributed by atoms with Gasteiger partial charge in [0.15, 0.2) is 8.29 Å². The molecule has 0 atom stereocenters. The van der Waals surface area contributed by atoms with Gasteiger partial charge in [0.1, 0.15) is 0 Å². The molecule has 10 heteroatoms. The van der Waals surface area contributed by atoms with Crippen LogP contribution in [0.5, 0.6) is 0 Å². The number of benzene rings is 1. The lowest BCUT2D eigenvalue weighted by Crippen LogP contribution is -2.26. The molecule has 1 amide bonds. The van der Waals surface area contributed by atoms with E-state index in [4.69, 9.17) is 12.2 Å². The fourth-order valence-corrected chi connectivity index (χ4v) is 5.67. The van der Waals surface area contributed by atoms with E-state index in [1.807, 2.05) is 30.3 Å². The Hall–Kier alpha value is -1.62. The first-order valence-corrected chi connectivity index (χ1v) is 11.3. The van der Waals surface area contributed by atoms with E-state index >= 15 is 0 Å². The fraction of sp³-hybridized carbons (Fsp3) is 0.294. The summed E-state index contributed by atoms with van der Waals surface area (Å²) in [7, 11) is 1.32. The molecule has 142 valence electrons. The number of hydrogen-bond donors (Lipinski definition) is 0. The molecule has 0 spiro atoms. The molecule has 2 aromatic rings. The Bertz CT molecular complexity index is 908. The van der Waals surface area contributed by atoms with Crippen LogP contribution in [-0.4, -0.2) is 51.7 Å². The molecule has 3 rings (SSSR count). The maximum atomic E-state index is 12.0. The van der Waals surface area contributed by atoms with Crippen LogP contribution in [0, 0.1) is 3.95 Å². The first-order valence-electron chi connectivity index (χ1n) is 8.09. The zero-order chi connectivity index (χ0) is 19.2. The summed E-state index contributed by atoms with van der Waals surface area (Å²) in [5.74, 6) is 0.734. The van der Waals surface area contributed by atoms with E-state index in [9.17, 15) is 9.59 Å². The number of carbonyl (C=O) groups is 2. The van der Waals surface area contributed by atoms with Crippen LogP contribution in [0.3, 0.4) is 0 Å². The first kappa shape index (κ1) is 20.1. The molecule has 0 N–H and O–H groups in total. The van der Waals surface area contributed by atoms with Crippen LogP contribution < -0.4 is 0 Å². The highest BCUT2D eigenvalue weighted by Gasteiger charge is 2.26. The molecule has 1 aromatic carbocycles. The third-order valence-corrected chi connectivity index (χ3v) is 7.11. The van der Waals surface area contributed by atoms with Gasteiger partial charge in [0.2, 0.25) is 5.91 Å². The SMILES string of the molecule is COC(=O)/C=C1/SCC(=O)N1CCCSc1nn(-c2ccccc2)c(=S)s1. The van der Waals surface area contributed by atoms with E-state index in [2.05, 4.69) is 9.84 Å². The zero-order valence-electron chi connectivity index (χ0n) is 14.5. The van der Waals surface area contributed by atoms with Gasteiger partial charge in [0, 0.05) is 12.3 Å². The van der Waals surface area contributed by atoms with Gasteiger partial charge in [-0.05, 0) is 30.8 Å². The van der Waals surface area contributed by atoms with Gasteiger partial charge in [-0.15, -0.1) is 5.10 Å². The lowest BCUT2D eigenvalue weighted by atomic mass is 10.3. The van der Waals surface area contributed by atoms with Gasteiger partial charge in [-0.25, -0.2) is 9.48 Å². The van der Waals surface area contributed by atoms with Crippen molar-refractivity contribution in [3.05, 3.63) is 45.4 Å². The summed E-state index contributed by atoms with van der Waals surface area (Å²) in [6.07, 6.45) is 2.16. The molecule has 1 aliphatic heterocycles. The minimum absolute atomic E-state index is 0.0177. The van der Waals surface area contributed by atoms with Crippen LogP contribution in [0.25, 0.3) is 5.69 Å². The number of nitrogens with zero attached hydrogens (tertiary/aromatic N) is 3. The van der Waals surface area contributed by atoms with E-state index < -0.39 is 5.97 Å². The van der Waals surface area contributed by atoms with Gasteiger partial charge < -0.3 is 9.64 Å². The van der Waals surface area contributed by atoms with Gasteiger partial charge in [-0.1, -0.05) is 53.1 Å². The summed E-state index contributed by atoms with van der Waals surface area (Å²) in [5.41, 5.74) is 0.947. The van der Waals surface area contributed by atoms with Crippen LogP contribution in [0.2, 0.25) is 0 Å². The summed E-state index contributed by atoms with van der Waals surface area (Å²) in [4.78, 5) is 25.1. The summed E-state index contributed by atoms with van der Waals surface area (Å²) in [6, 6.07) is 9.79. The summed E-state index contributed by atoms with van der Waals surface area (Å²) < 4.78 is 8.01. The predicted molar refractivity (Wildman–Crippen MR) is 112 cm³/mol. The van der Waals surface area contributed by atoms with Gasteiger partial charge in [0.25, 0.3) is 0 Å². The third kappa shape index (κ3) is 5.22. The summed E-state index contributed by atoms with van der Waals surface area (Å²) in [6.45, 7) is 0.562. The molecule has 2 heterocycles. The van der Waals surface area contributed by atoms with E-state index in [0.29, 0.717) is 21.3 Å². The molecule has 1 fully saturated rings. The largest absolute Gasteiger partial charge is 0.466 e. The molecule has 0 aliphatic carbocycles. The number of methoxy groups -OCH3 is 1. The highest BCUT2D eigenvalue weighted by molar-refractivity contribution is 8.04. The van der Waals surface area contributed by atoms with Gasteiger partial charge in [-0.3, -0.25) is 4.79 Å². The Morgan fingerprint density at radius 3 is 2.93 bits per heavy atom. The molecule has 1 saturated heterocycles. The molecule has 0 radical (unpaired) electrons. The van der Waals surface area contributed by atoms with Crippen molar-refractivity contribution in [2.75, 3.05) is 25.2 Å². The minimum atomic E-state index is -0.446. The number of aromatic nitrogens is 2. The molecule has 6 nitrogen and oxygen atoms in total. The number of amides is 1. The van der Waals surface area contributed by atoms with Gasteiger partial charge >= 0.3 is 5.97 Å². The third-order valence-electron chi connectivity index (χ3n) is 3.63. The summed E-state index contributed by atoms with van der Waals surface area (Å²) in [5, 5.41) is 5.22. The van der Waals surface area contributed by atoms with Crippen molar-refractivity contribution in [3.8, 4) is 5.69 Å². The van der Waals surface area contributed by atoms with Crippen LogP contribution in [0.4, 0.5) is 0 Å². The second-order valence-electron chi connectivity index (χ2n) is 5.42. The van der Waals surface area contributed by atoms with Crippen molar-refractivity contribution in [2.24, 2.45) is 0 Å². The molecule has 0 bridgehead atoms. The van der Waals surface area contributed by atoms with Crippen molar-refractivity contribution in [2.45, 2.75) is 10.8 Å². The fourth-order valence-electron chi connectivity index (χ4n) is 2.36. The first-order chi connectivity index (χ1) is 13.1. The summed E-state index contributed by atoms with van der Waals surface area (Å²) >= 11 is 9.86. The van der Waals surface area contributed by atoms with Gasteiger partial charge in [0.05, 0.1) is 29.7 Å². The Morgan fingerprint density at radius 1 is 1.41 bits per heavy atom. The quantitative estimate of drug-likeness (QED) is 0.214. The molecule has 0 unspecified atom stereocenters. The van der Waals surface area contributed by atoms with Crippen molar-refractivity contribution >= 4 is 59.0 Å². The second-order valence-corrected chi connectivity index (χ2v) is 9.38. The lowest BCUT2D eigenvalue weighted by Gasteiger charge is -2.16. The number of esters is 1. The topological polar surface area (TPSA) is 64.4 Å². The number of thioether (sulfide) groups is 2. The van der Waals surface area contributed by atoms with Gasteiger partial charge in [-0.2, -0.15) is 0 Å². The average Bonchev–Trinajstić information content (AvgIpc) is 3.22. The number of carbonyl (C=O) groups excluding carboxylic acids is 2. The number of para-hydroxylation sites is 1. The standard InChI is InChI=1S/C17H17N3O3S4/c1-23-15(22)10-14-19(13(21)11-26-14)8-5-9-25-16-18-20(17(24)27-16)12-6-3-2-4-7-12/h2-4,6-7,10H,5,8-9,11H2,1H3/b14-10+. The Labute approximate surface area is 174 Å². The molecule has 0 saturated carbocycles. The van der Waals surface area contributed by atoms with Crippen molar-refractivity contribution in [1.29, 1.82) is 0 Å². The van der Waals surface area contributed by atoms with E-state index in [-0.39, 0.29) is 5.91 Å². The Kier molecular flexibility index (Phi) is 7.11. The molecular weight excluding hydrogens is 422 g/mol. The van der Waals surface area contributed by atoms with E-state index in [0.717, 1.165) is 22.2 Å². The number of rotatable bonds is 7. The second kappa shape index (κ2) is 9.54. The molecular formula is C17H17N3O3S4. The Morgan fingerprint density at radius 2 is 2.19 bits per heavy atom. The average molecular weight is 440 g/mol. The molecule has 1 aromatic heterocycles. The van der Waals surface area contributed by atoms with E-state index in [1.165, 1.54) is 36.3 Å². The highest BCUT2D eigenvalue weighted by atomic mass is 32.2. The van der Waals surface area contributed by atoms with Crippen molar-refractivity contribution in [1.82, 2.24) is 14.7 Å². The molecule has 27 heavy (non-hydrogen) atoms. The maximum absolute atomic E-state index is 12.0. The maximum Gasteiger partial charge on any atom is 0.333 e. The number of ether oxygens (including phenoxy) is 1. The van der Waals surface area contributed by atoms with E-state index in [1.54, 1.807) is 21.3 Å². The molecule has 1 aliphatic rings.